The van der Waals surface area contributed by atoms with Gasteiger partial charge in [0, 0.05) is 36.7 Å². The van der Waals surface area contributed by atoms with Crippen molar-refractivity contribution >= 4 is 17.3 Å². The average Bonchev–Trinajstić information content (AvgIpc) is 2.62. The predicted octanol–water partition coefficient (Wildman–Crippen LogP) is 3.58. The summed E-state index contributed by atoms with van der Waals surface area (Å²) in [7, 11) is 1.60. The Labute approximate surface area is 142 Å². The van der Waals surface area contributed by atoms with E-state index in [0.29, 0.717) is 17.1 Å². The Hall–Kier alpha value is -2.56. The highest BCUT2D eigenvalue weighted by atomic mass is 16.5. The SMILES string of the molecule is COc1cccc(NC(=O)c2cc(N3CCC(C)CC3)ccn2)c1. The molecule has 1 amide bonds. The van der Waals surface area contributed by atoms with Gasteiger partial charge in [-0.2, -0.15) is 0 Å². The lowest BCUT2D eigenvalue weighted by Crippen LogP contribution is -2.33. The second-order valence-electron chi connectivity index (χ2n) is 6.25. The number of hydrogen-bond acceptors (Lipinski definition) is 4. The first-order valence-corrected chi connectivity index (χ1v) is 8.32. The number of hydrogen-bond donors (Lipinski definition) is 1. The lowest BCUT2D eigenvalue weighted by molar-refractivity contribution is 0.102. The fraction of sp³-hybridized carbons (Fsp3) is 0.368. The van der Waals surface area contributed by atoms with Gasteiger partial charge in [0.2, 0.25) is 0 Å². The summed E-state index contributed by atoms with van der Waals surface area (Å²) in [5, 5.41) is 2.87. The molecule has 1 aromatic heterocycles. The zero-order valence-corrected chi connectivity index (χ0v) is 14.2. The molecule has 0 spiro atoms. The molecule has 1 saturated heterocycles. The van der Waals surface area contributed by atoms with Crippen LogP contribution in [0.15, 0.2) is 42.6 Å². The summed E-state index contributed by atoms with van der Waals surface area (Å²) < 4.78 is 5.18. The van der Waals surface area contributed by atoms with Gasteiger partial charge in [0.05, 0.1) is 7.11 Å². The summed E-state index contributed by atoms with van der Waals surface area (Å²) in [6, 6.07) is 11.1. The van der Waals surface area contributed by atoms with Crippen molar-refractivity contribution in [3.05, 3.63) is 48.3 Å². The summed E-state index contributed by atoms with van der Waals surface area (Å²) in [6.07, 6.45) is 4.08. The van der Waals surface area contributed by atoms with Crippen molar-refractivity contribution in [1.29, 1.82) is 0 Å². The number of aromatic nitrogens is 1. The molecule has 1 aliphatic rings. The van der Waals surface area contributed by atoms with Gasteiger partial charge in [-0.3, -0.25) is 9.78 Å². The second kappa shape index (κ2) is 7.34. The predicted molar refractivity (Wildman–Crippen MR) is 95.8 cm³/mol. The van der Waals surface area contributed by atoms with Crippen LogP contribution in [-0.2, 0) is 0 Å². The van der Waals surface area contributed by atoms with Crippen molar-refractivity contribution in [3.63, 3.8) is 0 Å². The lowest BCUT2D eigenvalue weighted by Gasteiger charge is -2.32. The highest BCUT2D eigenvalue weighted by Gasteiger charge is 2.17. The minimum Gasteiger partial charge on any atom is -0.497 e. The van der Waals surface area contributed by atoms with E-state index in [2.05, 4.69) is 22.1 Å². The third-order valence-corrected chi connectivity index (χ3v) is 4.45. The molecule has 3 rings (SSSR count). The fourth-order valence-electron chi connectivity index (χ4n) is 2.90. The van der Waals surface area contributed by atoms with Gasteiger partial charge in [-0.1, -0.05) is 13.0 Å². The Bertz CT molecular complexity index is 709. The van der Waals surface area contributed by atoms with Gasteiger partial charge >= 0.3 is 0 Å². The van der Waals surface area contributed by atoms with E-state index in [1.807, 2.05) is 30.3 Å². The van der Waals surface area contributed by atoms with Crippen LogP contribution in [0.3, 0.4) is 0 Å². The number of carbonyl (C=O) groups excluding carboxylic acids is 1. The van der Waals surface area contributed by atoms with Gasteiger partial charge in [-0.15, -0.1) is 0 Å². The lowest BCUT2D eigenvalue weighted by atomic mass is 9.99. The van der Waals surface area contributed by atoms with Crippen LogP contribution in [0.1, 0.15) is 30.3 Å². The first-order valence-electron chi connectivity index (χ1n) is 8.32. The van der Waals surface area contributed by atoms with Crippen molar-refractivity contribution in [3.8, 4) is 5.75 Å². The third-order valence-electron chi connectivity index (χ3n) is 4.45. The highest BCUT2D eigenvalue weighted by Crippen LogP contribution is 2.23. The van der Waals surface area contributed by atoms with Gasteiger partial charge < -0.3 is 15.0 Å². The molecule has 2 aromatic rings. The van der Waals surface area contributed by atoms with Gasteiger partial charge in [-0.25, -0.2) is 0 Å². The third kappa shape index (κ3) is 3.85. The Morgan fingerprint density at radius 2 is 2.04 bits per heavy atom. The smallest absolute Gasteiger partial charge is 0.274 e. The zero-order chi connectivity index (χ0) is 16.9. The molecule has 0 aliphatic carbocycles. The molecule has 0 radical (unpaired) electrons. The van der Waals surface area contributed by atoms with Crippen molar-refractivity contribution in [2.75, 3.05) is 30.4 Å². The van der Waals surface area contributed by atoms with Crippen LogP contribution in [0.2, 0.25) is 0 Å². The van der Waals surface area contributed by atoms with Crippen molar-refractivity contribution in [1.82, 2.24) is 4.98 Å². The van der Waals surface area contributed by atoms with E-state index in [1.54, 1.807) is 19.4 Å². The number of piperidine rings is 1. The maximum absolute atomic E-state index is 12.5. The van der Waals surface area contributed by atoms with Gasteiger partial charge in [0.25, 0.3) is 5.91 Å². The first-order chi connectivity index (χ1) is 11.7. The van der Waals surface area contributed by atoms with Crippen LogP contribution in [-0.4, -0.2) is 31.1 Å². The molecule has 126 valence electrons. The van der Waals surface area contributed by atoms with Crippen LogP contribution < -0.4 is 15.0 Å². The molecule has 5 heteroatoms. The van der Waals surface area contributed by atoms with Gasteiger partial charge in [-0.05, 0) is 43.0 Å². The molecular weight excluding hydrogens is 302 g/mol. The molecule has 1 N–H and O–H groups in total. The number of carbonyl (C=O) groups is 1. The standard InChI is InChI=1S/C19H23N3O2/c1-14-7-10-22(11-8-14)16-6-9-20-18(13-16)19(23)21-15-4-3-5-17(12-15)24-2/h3-6,9,12-14H,7-8,10-11H2,1-2H3,(H,21,23). The van der Waals surface area contributed by atoms with Gasteiger partial charge in [0.15, 0.2) is 0 Å². The Kier molecular flexibility index (Phi) is 4.99. The normalized spacial score (nSPS) is 15.2. The summed E-state index contributed by atoms with van der Waals surface area (Å²) in [6.45, 7) is 4.35. The number of rotatable bonds is 4. The van der Waals surface area contributed by atoms with Crippen LogP contribution in [0.25, 0.3) is 0 Å². The van der Waals surface area contributed by atoms with E-state index in [9.17, 15) is 4.79 Å². The molecular formula is C19H23N3O2. The number of pyridine rings is 1. The molecule has 0 unspecified atom stereocenters. The summed E-state index contributed by atoms with van der Waals surface area (Å²) >= 11 is 0. The average molecular weight is 325 g/mol. The molecule has 1 fully saturated rings. The summed E-state index contributed by atoms with van der Waals surface area (Å²) in [5.74, 6) is 1.27. The van der Waals surface area contributed by atoms with E-state index in [0.717, 1.165) is 24.7 Å². The quantitative estimate of drug-likeness (QED) is 0.933. The first kappa shape index (κ1) is 16.3. The largest absolute Gasteiger partial charge is 0.497 e. The van der Waals surface area contributed by atoms with E-state index in [-0.39, 0.29) is 5.91 Å². The van der Waals surface area contributed by atoms with E-state index in [1.165, 1.54) is 12.8 Å². The number of benzene rings is 1. The molecule has 2 heterocycles. The highest BCUT2D eigenvalue weighted by molar-refractivity contribution is 6.03. The molecule has 0 atom stereocenters. The molecule has 1 aromatic carbocycles. The zero-order valence-electron chi connectivity index (χ0n) is 14.2. The van der Waals surface area contributed by atoms with E-state index >= 15 is 0 Å². The number of nitrogens with one attached hydrogen (secondary N) is 1. The minimum absolute atomic E-state index is 0.213. The number of methoxy groups -OCH3 is 1. The monoisotopic (exact) mass is 325 g/mol. The molecule has 1 aliphatic heterocycles. The fourth-order valence-corrected chi connectivity index (χ4v) is 2.90. The molecule has 24 heavy (non-hydrogen) atoms. The van der Waals surface area contributed by atoms with Crippen LogP contribution in [0, 0.1) is 5.92 Å². The number of nitrogens with zero attached hydrogens (tertiary/aromatic N) is 2. The maximum Gasteiger partial charge on any atom is 0.274 e. The van der Waals surface area contributed by atoms with E-state index in [4.69, 9.17) is 4.74 Å². The van der Waals surface area contributed by atoms with Crippen molar-refractivity contribution < 1.29 is 9.53 Å². The van der Waals surface area contributed by atoms with Crippen molar-refractivity contribution in [2.45, 2.75) is 19.8 Å². The number of anilines is 2. The minimum atomic E-state index is -0.213. The van der Waals surface area contributed by atoms with Crippen LogP contribution >= 0.6 is 0 Å². The number of ether oxygens (including phenoxy) is 1. The van der Waals surface area contributed by atoms with Crippen LogP contribution in [0.5, 0.6) is 5.75 Å². The van der Waals surface area contributed by atoms with Crippen molar-refractivity contribution in [2.24, 2.45) is 5.92 Å². The Morgan fingerprint density at radius 1 is 1.25 bits per heavy atom. The number of amides is 1. The molecule has 5 nitrogen and oxygen atoms in total. The molecule has 0 bridgehead atoms. The maximum atomic E-state index is 12.5. The Morgan fingerprint density at radius 3 is 2.79 bits per heavy atom. The Balaban J connectivity index is 1.72. The topological polar surface area (TPSA) is 54.5 Å². The molecule has 0 saturated carbocycles. The summed E-state index contributed by atoms with van der Waals surface area (Å²) in [4.78, 5) is 19.0. The van der Waals surface area contributed by atoms with E-state index < -0.39 is 0 Å². The van der Waals surface area contributed by atoms with Crippen LogP contribution in [0.4, 0.5) is 11.4 Å². The second-order valence-corrected chi connectivity index (χ2v) is 6.25. The van der Waals surface area contributed by atoms with Gasteiger partial charge in [0.1, 0.15) is 11.4 Å². The summed E-state index contributed by atoms with van der Waals surface area (Å²) in [5.41, 5.74) is 2.18.